The number of hydrogen-bond acceptors (Lipinski definition) is 3. The topological polar surface area (TPSA) is 43.6 Å². The first-order valence-electron chi connectivity index (χ1n) is 19.1. The predicted octanol–water partition coefficient (Wildman–Crippen LogP) is 12.6. The van der Waals surface area contributed by atoms with Gasteiger partial charge in [-0.1, -0.05) is 149 Å². The zero-order chi connectivity index (χ0) is 37.1. The third-order valence-corrected chi connectivity index (χ3v) is 12.3. The highest BCUT2D eigenvalue weighted by Gasteiger charge is 2.37. The Kier molecular flexibility index (Phi) is 6.61. The molecule has 0 aliphatic heterocycles. The number of benzene rings is 7. The van der Waals surface area contributed by atoms with Crippen molar-refractivity contribution in [1.29, 1.82) is 0 Å². The van der Waals surface area contributed by atoms with E-state index < -0.39 is 0 Å². The van der Waals surface area contributed by atoms with Gasteiger partial charge < -0.3 is 4.57 Å². The Hall–Kier alpha value is -6.65. The number of rotatable bonds is 4. The fourth-order valence-corrected chi connectivity index (χ4v) is 9.43. The van der Waals surface area contributed by atoms with Gasteiger partial charge in [0, 0.05) is 44.0 Å². The zero-order valence-electron chi connectivity index (χ0n) is 31.3. The normalized spacial score (nSPS) is 14.5. The molecule has 0 unspecified atom stereocenters. The molecule has 0 bridgehead atoms. The molecule has 2 aliphatic carbocycles. The molecule has 2 aliphatic rings. The third kappa shape index (κ3) is 4.61. The van der Waals surface area contributed by atoms with Crippen molar-refractivity contribution in [3.63, 3.8) is 0 Å². The Morgan fingerprint density at radius 1 is 0.364 bits per heavy atom. The Morgan fingerprint density at radius 3 is 1.29 bits per heavy atom. The van der Waals surface area contributed by atoms with Gasteiger partial charge in [0.15, 0.2) is 17.5 Å². The van der Waals surface area contributed by atoms with E-state index in [1.54, 1.807) is 0 Å². The van der Waals surface area contributed by atoms with Crippen molar-refractivity contribution in [2.45, 2.75) is 38.5 Å². The molecule has 0 atom stereocenters. The van der Waals surface area contributed by atoms with Gasteiger partial charge in [0.05, 0.1) is 11.0 Å². The molecular formula is C51H38N4. The van der Waals surface area contributed by atoms with Crippen LogP contribution in [-0.4, -0.2) is 19.5 Å². The lowest BCUT2D eigenvalue weighted by Crippen LogP contribution is -2.15. The molecular weight excluding hydrogens is 669 g/mol. The van der Waals surface area contributed by atoms with E-state index in [0.717, 1.165) is 22.4 Å². The number of para-hydroxylation sites is 2. The van der Waals surface area contributed by atoms with Gasteiger partial charge in [-0.3, -0.25) is 0 Å². The molecule has 0 fully saturated rings. The molecule has 0 radical (unpaired) electrons. The summed E-state index contributed by atoms with van der Waals surface area (Å²) in [7, 11) is 0. The lowest BCUT2D eigenvalue weighted by molar-refractivity contribution is 0.660. The van der Waals surface area contributed by atoms with Gasteiger partial charge in [-0.2, -0.15) is 0 Å². The van der Waals surface area contributed by atoms with Crippen molar-refractivity contribution in [1.82, 2.24) is 19.5 Å². The van der Waals surface area contributed by atoms with Crippen LogP contribution in [0.1, 0.15) is 49.9 Å². The highest BCUT2D eigenvalue weighted by molar-refractivity contribution is 6.09. The summed E-state index contributed by atoms with van der Waals surface area (Å²) in [6.07, 6.45) is 0. The van der Waals surface area contributed by atoms with Crippen LogP contribution in [0.15, 0.2) is 158 Å². The van der Waals surface area contributed by atoms with Gasteiger partial charge >= 0.3 is 0 Å². The largest absolute Gasteiger partial charge is 0.309 e. The van der Waals surface area contributed by atoms with Crippen LogP contribution in [0.2, 0.25) is 0 Å². The van der Waals surface area contributed by atoms with Crippen molar-refractivity contribution in [3.05, 3.63) is 180 Å². The van der Waals surface area contributed by atoms with E-state index in [2.05, 4.69) is 190 Å². The molecule has 0 amide bonds. The molecule has 4 heteroatoms. The van der Waals surface area contributed by atoms with Crippen molar-refractivity contribution >= 4 is 21.8 Å². The maximum absolute atomic E-state index is 5.27. The van der Waals surface area contributed by atoms with E-state index in [0.29, 0.717) is 17.5 Å². The van der Waals surface area contributed by atoms with E-state index in [1.807, 2.05) is 0 Å². The Bertz CT molecular complexity index is 2880. The maximum atomic E-state index is 5.27. The zero-order valence-corrected chi connectivity index (χ0v) is 31.3. The summed E-state index contributed by atoms with van der Waals surface area (Å²) >= 11 is 0. The fourth-order valence-electron chi connectivity index (χ4n) is 9.43. The van der Waals surface area contributed by atoms with Crippen LogP contribution >= 0.6 is 0 Å². The first kappa shape index (κ1) is 31.8. The van der Waals surface area contributed by atoms with E-state index in [-0.39, 0.29) is 10.8 Å². The Morgan fingerprint density at radius 2 is 0.782 bits per heavy atom. The number of nitrogens with zero attached hydrogens (tertiary/aromatic N) is 4. The smallest absolute Gasteiger partial charge is 0.164 e. The molecule has 11 rings (SSSR count). The van der Waals surface area contributed by atoms with Gasteiger partial charge in [-0.05, 0) is 80.9 Å². The average Bonchev–Trinajstić information content (AvgIpc) is 3.77. The van der Waals surface area contributed by atoms with Crippen LogP contribution in [0.3, 0.4) is 0 Å². The van der Waals surface area contributed by atoms with Crippen molar-refractivity contribution in [2.75, 3.05) is 0 Å². The molecule has 0 saturated carbocycles. The van der Waals surface area contributed by atoms with Crippen LogP contribution in [-0.2, 0) is 10.8 Å². The number of hydrogen-bond donors (Lipinski definition) is 0. The molecule has 2 aromatic heterocycles. The van der Waals surface area contributed by atoms with Crippen LogP contribution < -0.4 is 0 Å². The predicted molar refractivity (Wildman–Crippen MR) is 226 cm³/mol. The molecule has 9 aromatic rings. The van der Waals surface area contributed by atoms with Gasteiger partial charge in [-0.25, -0.2) is 15.0 Å². The van der Waals surface area contributed by atoms with Crippen molar-refractivity contribution < 1.29 is 0 Å². The fraction of sp³-hybridized carbons (Fsp3) is 0.118. The van der Waals surface area contributed by atoms with Crippen LogP contribution in [0, 0.1) is 0 Å². The standard InChI is InChI=1S/C51H38N4/c1-50(2)41-20-9-5-16-35(41)37-26-24-32(29-43(37)50)48-52-47(53-49(54-48)33-25-27-38-36-17-6-10-21-42(36)51(3,4)44(38)30-33)31-14-13-15-34(28-31)55-45-22-11-7-18-39(45)40-19-8-12-23-46(40)55/h5-30H,1-4H3. The minimum atomic E-state index is -0.141. The monoisotopic (exact) mass is 706 g/mol. The molecule has 2 heterocycles. The SMILES string of the molecule is CC1(C)c2ccccc2-c2ccc(-c3nc(-c4cccc(-n5c6ccccc6c6ccccc65)c4)nc(-c4ccc5c(c4)C(C)(C)c4ccccc4-5)n3)cc21. The van der Waals surface area contributed by atoms with Gasteiger partial charge in [0.2, 0.25) is 0 Å². The summed E-state index contributed by atoms with van der Waals surface area (Å²) < 4.78 is 2.34. The highest BCUT2D eigenvalue weighted by atomic mass is 15.0. The first-order valence-corrected chi connectivity index (χ1v) is 19.1. The van der Waals surface area contributed by atoms with E-state index in [4.69, 9.17) is 15.0 Å². The highest BCUT2D eigenvalue weighted by Crippen LogP contribution is 2.51. The van der Waals surface area contributed by atoms with Gasteiger partial charge in [0.1, 0.15) is 0 Å². The van der Waals surface area contributed by atoms with Crippen molar-refractivity contribution in [3.8, 4) is 62.1 Å². The Labute approximate surface area is 320 Å². The second-order valence-electron chi connectivity index (χ2n) is 16.1. The summed E-state index contributed by atoms with van der Waals surface area (Å²) in [6, 6.07) is 56.8. The van der Waals surface area contributed by atoms with E-state index in [1.165, 1.54) is 66.3 Å². The lowest BCUT2D eigenvalue weighted by atomic mass is 9.82. The third-order valence-electron chi connectivity index (χ3n) is 12.3. The summed E-state index contributed by atoms with van der Waals surface area (Å²) in [5.74, 6) is 1.98. The molecule has 0 N–H and O–H groups in total. The average molecular weight is 707 g/mol. The van der Waals surface area contributed by atoms with Crippen LogP contribution in [0.4, 0.5) is 0 Å². The van der Waals surface area contributed by atoms with E-state index >= 15 is 0 Å². The second kappa shape index (κ2) is 11.4. The molecule has 55 heavy (non-hydrogen) atoms. The van der Waals surface area contributed by atoms with Crippen LogP contribution in [0.25, 0.3) is 83.9 Å². The first-order chi connectivity index (χ1) is 26.8. The summed E-state index contributed by atoms with van der Waals surface area (Å²) in [5, 5.41) is 2.47. The summed E-state index contributed by atoms with van der Waals surface area (Å²) in [5.41, 5.74) is 16.5. The molecule has 7 aromatic carbocycles. The number of fused-ring (bicyclic) bond motifs is 9. The molecule has 262 valence electrons. The Balaban J connectivity index is 1.11. The molecule has 0 spiro atoms. The maximum Gasteiger partial charge on any atom is 0.164 e. The molecule has 0 saturated heterocycles. The minimum Gasteiger partial charge on any atom is -0.309 e. The van der Waals surface area contributed by atoms with Crippen molar-refractivity contribution in [2.24, 2.45) is 0 Å². The number of aromatic nitrogens is 4. The second-order valence-corrected chi connectivity index (χ2v) is 16.1. The van der Waals surface area contributed by atoms with E-state index in [9.17, 15) is 0 Å². The van der Waals surface area contributed by atoms with Crippen LogP contribution in [0.5, 0.6) is 0 Å². The quantitative estimate of drug-likeness (QED) is 0.183. The summed E-state index contributed by atoms with van der Waals surface area (Å²) in [4.78, 5) is 15.8. The lowest BCUT2D eigenvalue weighted by Gasteiger charge is -2.22. The van der Waals surface area contributed by atoms with Gasteiger partial charge in [-0.15, -0.1) is 0 Å². The van der Waals surface area contributed by atoms with Gasteiger partial charge in [0.25, 0.3) is 0 Å². The summed E-state index contributed by atoms with van der Waals surface area (Å²) in [6.45, 7) is 9.26. The molecule has 4 nitrogen and oxygen atoms in total. The minimum absolute atomic E-state index is 0.141.